The molecule has 0 fully saturated rings. The predicted molar refractivity (Wildman–Crippen MR) is 70.6 cm³/mol. The van der Waals surface area contributed by atoms with Gasteiger partial charge in [0.05, 0.1) is 0 Å². The molecule has 1 aliphatic heterocycles. The lowest BCUT2D eigenvalue weighted by molar-refractivity contribution is -0.896. The van der Waals surface area contributed by atoms with E-state index in [9.17, 15) is 9.90 Å². The predicted octanol–water partition coefficient (Wildman–Crippen LogP) is 1.81. The number of rotatable bonds is 1. The van der Waals surface area contributed by atoms with Gasteiger partial charge in [0.1, 0.15) is 28.4 Å². The van der Waals surface area contributed by atoms with Crippen LogP contribution in [0, 0.1) is 0 Å². The maximum absolute atomic E-state index is 11.5. The highest BCUT2D eigenvalue weighted by molar-refractivity contribution is 6.31. The van der Waals surface area contributed by atoms with Crippen LogP contribution in [0.2, 0.25) is 0 Å². The zero-order chi connectivity index (χ0) is 14.5. The molecule has 1 heterocycles. The highest BCUT2D eigenvalue weighted by atomic mass is 16.4. The number of carbonyl (C=O) groups is 1. The molecule has 0 bridgehead atoms. The van der Waals surface area contributed by atoms with Crippen LogP contribution in [0.3, 0.4) is 0 Å². The Morgan fingerprint density at radius 3 is 1.67 bits per heavy atom. The third kappa shape index (κ3) is 1.70. The van der Waals surface area contributed by atoms with Crippen LogP contribution in [-0.4, -0.2) is 27.4 Å². The summed E-state index contributed by atoms with van der Waals surface area (Å²) >= 11 is 0. The molecule has 18 heavy (non-hydrogen) atoms. The van der Waals surface area contributed by atoms with Crippen LogP contribution in [-0.2, 0) is 4.79 Å². The van der Waals surface area contributed by atoms with E-state index in [1.54, 1.807) is 0 Å². The van der Waals surface area contributed by atoms with Gasteiger partial charge in [-0.1, -0.05) is 0 Å². The van der Waals surface area contributed by atoms with Gasteiger partial charge < -0.3 is 9.90 Å². The van der Waals surface area contributed by atoms with Gasteiger partial charge in [-0.2, -0.15) is 4.99 Å². The second-order valence-corrected chi connectivity index (χ2v) is 6.91. The molecular weight excluding hydrogens is 228 g/mol. The number of aliphatic carboxylic acids is 1. The number of aliphatic imine (C=N–C) groups is 1. The summed E-state index contributed by atoms with van der Waals surface area (Å²) in [6.07, 6.45) is 0. The van der Waals surface area contributed by atoms with Crippen molar-refractivity contribution in [3.63, 3.8) is 0 Å². The van der Waals surface area contributed by atoms with Gasteiger partial charge in [-0.05, 0) is 48.5 Å². The summed E-state index contributed by atoms with van der Waals surface area (Å²) in [5.41, 5.74) is 1.14. The molecule has 102 valence electrons. The summed E-state index contributed by atoms with van der Waals surface area (Å²) in [5, 5.41) is 11.5. The average Bonchev–Trinajstić information content (AvgIpc) is 2.38. The average molecular weight is 252 g/mol. The maximum atomic E-state index is 11.5. The van der Waals surface area contributed by atoms with Crippen molar-refractivity contribution < 1.29 is 14.4 Å². The number of hydrogen-bond acceptors (Lipinski definition) is 3. The molecule has 0 amide bonds. The fraction of sp³-hybridized carbons (Fsp3) is 0.714. The molecule has 4 heteroatoms. The van der Waals surface area contributed by atoms with Gasteiger partial charge in [0.15, 0.2) is 0 Å². The van der Waals surface area contributed by atoms with Crippen LogP contribution >= 0.6 is 0 Å². The van der Waals surface area contributed by atoms with Gasteiger partial charge >= 0.3 is 0 Å². The van der Waals surface area contributed by atoms with E-state index in [4.69, 9.17) is 0 Å². The Balaban J connectivity index is 3.72. The van der Waals surface area contributed by atoms with Crippen LogP contribution in [0.1, 0.15) is 55.4 Å². The van der Waals surface area contributed by atoms with Crippen LogP contribution in [0.15, 0.2) is 16.4 Å². The number of amidine groups is 1. The standard InChI is InChI=1S/C14H24N2O2/c1-9-10(2)16(13(3,4)5,14(6,7)8)11(15-9)12(17)18/h1-8H3. The molecule has 0 saturated heterocycles. The Morgan fingerprint density at radius 1 is 1.06 bits per heavy atom. The smallest absolute Gasteiger partial charge is 0.257 e. The monoisotopic (exact) mass is 252 g/mol. The molecule has 0 aromatic rings. The Hall–Kier alpha value is -1.16. The van der Waals surface area contributed by atoms with Gasteiger partial charge in [0, 0.05) is 6.92 Å². The van der Waals surface area contributed by atoms with Crippen LogP contribution in [0.25, 0.3) is 0 Å². The van der Waals surface area contributed by atoms with E-state index in [1.807, 2.05) is 55.4 Å². The minimum Gasteiger partial charge on any atom is -0.539 e. The van der Waals surface area contributed by atoms with Crippen molar-refractivity contribution >= 4 is 11.8 Å². The zero-order valence-corrected chi connectivity index (χ0v) is 12.7. The minimum atomic E-state index is -1.18. The molecule has 0 radical (unpaired) electrons. The molecule has 0 spiro atoms. The van der Waals surface area contributed by atoms with E-state index in [2.05, 4.69) is 4.99 Å². The Morgan fingerprint density at radius 2 is 1.44 bits per heavy atom. The van der Waals surface area contributed by atoms with Crippen LogP contribution in [0.5, 0.6) is 0 Å². The lowest BCUT2D eigenvalue weighted by atomic mass is 9.88. The van der Waals surface area contributed by atoms with Gasteiger partial charge in [-0.15, -0.1) is 0 Å². The third-order valence-corrected chi connectivity index (χ3v) is 3.81. The number of carbonyl (C=O) groups excluding carboxylic acids is 1. The largest absolute Gasteiger partial charge is 0.539 e. The number of nitrogens with zero attached hydrogens (tertiary/aromatic N) is 2. The molecular formula is C14H24N2O2. The van der Waals surface area contributed by atoms with E-state index in [0.29, 0.717) is 0 Å². The summed E-state index contributed by atoms with van der Waals surface area (Å²) in [6, 6.07) is 0. The SMILES string of the molecule is CC1=C(C)[N+](C(C)(C)C)(C(C)(C)C)C(C(=O)[O-])=N1. The first-order chi connectivity index (χ1) is 7.87. The summed E-state index contributed by atoms with van der Waals surface area (Å²) in [4.78, 5) is 15.8. The summed E-state index contributed by atoms with van der Waals surface area (Å²) in [6.45, 7) is 16.1. The summed E-state index contributed by atoms with van der Waals surface area (Å²) in [5.74, 6) is -1.07. The van der Waals surface area contributed by atoms with Crippen molar-refractivity contribution in [1.29, 1.82) is 0 Å². The number of hydrogen-bond donors (Lipinski definition) is 0. The maximum Gasteiger partial charge on any atom is 0.257 e. The third-order valence-electron chi connectivity index (χ3n) is 3.81. The van der Waals surface area contributed by atoms with E-state index < -0.39 is 5.97 Å². The second-order valence-electron chi connectivity index (χ2n) is 6.91. The lowest BCUT2D eigenvalue weighted by Crippen LogP contribution is -2.72. The van der Waals surface area contributed by atoms with Gasteiger partial charge in [-0.25, -0.2) is 4.48 Å². The fourth-order valence-electron chi connectivity index (χ4n) is 3.55. The first-order valence-corrected chi connectivity index (χ1v) is 6.25. The minimum absolute atomic E-state index is 0.116. The van der Waals surface area contributed by atoms with Crippen molar-refractivity contribution in [3.05, 3.63) is 11.4 Å². The first-order valence-electron chi connectivity index (χ1n) is 6.25. The number of carboxylic acids is 1. The molecule has 0 aromatic heterocycles. The second kappa shape index (κ2) is 3.92. The highest BCUT2D eigenvalue weighted by Gasteiger charge is 2.58. The fourth-order valence-corrected chi connectivity index (χ4v) is 3.55. The van der Waals surface area contributed by atoms with Crippen LogP contribution in [0.4, 0.5) is 0 Å². The number of allylic oxidation sites excluding steroid dienone is 2. The Bertz CT molecular complexity index is 431. The molecule has 0 aromatic carbocycles. The van der Waals surface area contributed by atoms with Crippen molar-refractivity contribution in [3.8, 4) is 0 Å². The van der Waals surface area contributed by atoms with Gasteiger partial charge in [0.2, 0.25) is 0 Å². The topological polar surface area (TPSA) is 52.5 Å². The first kappa shape index (κ1) is 14.9. The molecule has 0 unspecified atom stereocenters. The van der Waals surface area contributed by atoms with E-state index in [-0.39, 0.29) is 21.4 Å². The van der Waals surface area contributed by atoms with Crippen molar-refractivity contribution in [1.82, 2.24) is 0 Å². The molecule has 1 rings (SSSR count). The van der Waals surface area contributed by atoms with Gasteiger partial charge in [0.25, 0.3) is 5.84 Å². The summed E-state index contributed by atoms with van der Waals surface area (Å²) < 4.78 is 0.230. The molecule has 0 atom stereocenters. The molecule has 0 N–H and O–H groups in total. The molecule has 0 saturated carbocycles. The normalized spacial score (nSPS) is 20.1. The summed E-state index contributed by atoms with van der Waals surface area (Å²) in [7, 11) is 0. The number of carboxylic acid groups (broad SMARTS) is 1. The van der Waals surface area contributed by atoms with Crippen molar-refractivity contribution in [2.75, 3.05) is 0 Å². The van der Waals surface area contributed by atoms with Crippen molar-refractivity contribution in [2.45, 2.75) is 66.5 Å². The lowest BCUT2D eigenvalue weighted by Gasteiger charge is -2.54. The van der Waals surface area contributed by atoms with Gasteiger partial charge in [-0.3, -0.25) is 0 Å². The van der Waals surface area contributed by atoms with Crippen LogP contribution < -0.4 is 5.11 Å². The Labute approximate surface area is 110 Å². The molecule has 1 aliphatic rings. The zero-order valence-electron chi connectivity index (χ0n) is 12.7. The quantitative estimate of drug-likeness (QED) is 0.668. The van der Waals surface area contributed by atoms with E-state index >= 15 is 0 Å². The Kier molecular flexibility index (Phi) is 3.24. The highest BCUT2D eigenvalue weighted by Crippen LogP contribution is 2.45. The van der Waals surface area contributed by atoms with E-state index in [0.717, 1.165) is 11.4 Å². The molecule has 4 nitrogen and oxygen atoms in total. The number of quaternary nitrogens is 1. The van der Waals surface area contributed by atoms with Crippen molar-refractivity contribution in [2.24, 2.45) is 4.99 Å². The molecule has 0 aliphatic carbocycles. The van der Waals surface area contributed by atoms with E-state index in [1.165, 1.54) is 0 Å².